The van der Waals surface area contributed by atoms with Gasteiger partial charge in [0.1, 0.15) is 11.2 Å². The molecule has 0 fully saturated rings. The summed E-state index contributed by atoms with van der Waals surface area (Å²) >= 11 is 0. The van der Waals surface area contributed by atoms with Crippen molar-refractivity contribution in [2.75, 3.05) is 0 Å². The van der Waals surface area contributed by atoms with Gasteiger partial charge in [0.25, 0.3) is 0 Å². The van der Waals surface area contributed by atoms with E-state index in [2.05, 4.69) is 0 Å². The zero-order valence-electron chi connectivity index (χ0n) is 34.7. The molecule has 9 aromatic rings. The normalized spacial score (nSPS) is 15.0. The molecule has 210 valence electrons. The van der Waals surface area contributed by atoms with Crippen molar-refractivity contribution in [2.24, 2.45) is 0 Å². The molecule has 8 aromatic carbocycles. The van der Waals surface area contributed by atoms with Gasteiger partial charge in [0.15, 0.2) is 0 Å². The summed E-state index contributed by atoms with van der Waals surface area (Å²) in [5.74, 6) is 0. The Hall–Kier alpha value is -5.92. The second-order valence-corrected chi connectivity index (χ2v) is 10.8. The molecule has 0 bridgehead atoms. The van der Waals surface area contributed by atoms with Crippen LogP contribution < -0.4 is 0 Å². The average molecular weight is 584 g/mol. The van der Waals surface area contributed by atoms with Crippen LogP contribution in [0.3, 0.4) is 0 Å². The summed E-state index contributed by atoms with van der Waals surface area (Å²) in [7, 11) is 0. The maximum Gasteiger partial charge on any atom is 0.143 e. The lowest BCUT2D eigenvalue weighted by molar-refractivity contribution is 0.670. The van der Waals surface area contributed by atoms with Gasteiger partial charge in [0, 0.05) is 16.3 Å². The van der Waals surface area contributed by atoms with Gasteiger partial charge in [-0.15, -0.1) is 0 Å². The minimum atomic E-state index is -0.480. The van der Waals surface area contributed by atoms with Crippen molar-refractivity contribution in [2.45, 2.75) is 0 Å². The second kappa shape index (κ2) is 10.4. The highest BCUT2D eigenvalue weighted by atomic mass is 16.3. The van der Waals surface area contributed by atoms with Gasteiger partial charge >= 0.3 is 0 Å². The van der Waals surface area contributed by atoms with Crippen LogP contribution in [0.2, 0.25) is 0 Å². The molecule has 0 saturated carbocycles. The molecule has 1 aromatic heterocycles. The number of rotatable bonds is 4. The van der Waals surface area contributed by atoms with Crippen LogP contribution in [0.15, 0.2) is 174 Å². The average Bonchev–Trinajstić information content (AvgIpc) is 3.62. The van der Waals surface area contributed by atoms with E-state index in [1.54, 1.807) is 12.1 Å². The number of hydrogen-bond donors (Lipinski definition) is 0. The largest absolute Gasteiger partial charge is 0.455 e. The van der Waals surface area contributed by atoms with Gasteiger partial charge in [0.05, 0.1) is 15.1 Å². The summed E-state index contributed by atoms with van der Waals surface area (Å²) in [6, 6.07) is 27.7. The van der Waals surface area contributed by atoms with Crippen LogP contribution in [-0.4, -0.2) is 0 Å². The predicted octanol–water partition coefficient (Wildman–Crippen LogP) is 12.6. The van der Waals surface area contributed by atoms with Gasteiger partial charge in [-0.1, -0.05) is 151 Å². The molecule has 0 aliphatic rings. The smallest absolute Gasteiger partial charge is 0.143 e. The molecule has 0 radical (unpaired) electrons. The van der Waals surface area contributed by atoms with Gasteiger partial charge in [0.2, 0.25) is 0 Å². The third-order valence-corrected chi connectivity index (χ3v) is 8.27. The lowest BCUT2D eigenvalue weighted by Crippen LogP contribution is -1.93. The van der Waals surface area contributed by atoms with Gasteiger partial charge < -0.3 is 4.42 Å². The number of benzene rings is 8. The summed E-state index contributed by atoms with van der Waals surface area (Å²) in [5, 5.41) is 3.02. The summed E-state index contributed by atoms with van der Waals surface area (Å²) in [6.45, 7) is 0. The summed E-state index contributed by atoms with van der Waals surface area (Å²) in [5.41, 5.74) is 3.64. The van der Waals surface area contributed by atoms with Gasteiger partial charge in [-0.2, -0.15) is 0 Å². The van der Waals surface area contributed by atoms with Crippen molar-refractivity contribution < 1.29 is 19.5 Å². The first-order valence-corrected chi connectivity index (χ1v) is 14.6. The minimum absolute atomic E-state index is 0.0226. The maximum atomic E-state index is 9.89. The van der Waals surface area contributed by atoms with Crippen molar-refractivity contribution in [1.29, 1.82) is 0 Å². The van der Waals surface area contributed by atoms with Crippen LogP contribution in [0, 0.1) is 0 Å². The minimum Gasteiger partial charge on any atom is -0.455 e. The van der Waals surface area contributed by atoms with Crippen LogP contribution in [0.4, 0.5) is 0 Å². The Balaban J connectivity index is 1.47. The molecule has 0 saturated heterocycles. The van der Waals surface area contributed by atoms with E-state index in [1.807, 2.05) is 91.0 Å². The van der Waals surface area contributed by atoms with Crippen molar-refractivity contribution >= 4 is 43.5 Å². The van der Waals surface area contributed by atoms with E-state index < -0.39 is 30.2 Å². The molecule has 1 heteroatoms. The number of hydrogen-bond acceptors (Lipinski definition) is 1. The molecule has 0 aliphatic carbocycles. The Morgan fingerprint density at radius 1 is 0.378 bits per heavy atom. The topological polar surface area (TPSA) is 13.1 Å². The molecular formula is C44H28O. The van der Waals surface area contributed by atoms with Crippen molar-refractivity contribution in [1.82, 2.24) is 0 Å². The third kappa shape index (κ3) is 4.09. The van der Waals surface area contributed by atoms with Crippen LogP contribution in [-0.2, 0) is 0 Å². The summed E-state index contributed by atoms with van der Waals surface area (Å²) in [6.07, 6.45) is 0. The highest BCUT2D eigenvalue weighted by molar-refractivity contribution is 6.23. The molecule has 9 rings (SSSR count). The number of para-hydroxylation sites is 1. The van der Waals surface area contributed by atoms with Gasteiger partial charge in [-0.05, 0) is 78.6 Å². The van der Waals surface area contributed by atoms with Crippen LogP contribution in [0.1, 0.15) is 15.1 Å². The quantitative estimate of drug-likeness (QED) is 0.188. The second-order valence-electron chi connectivity index (χ2n) is 10.8. The first kappa shape index (κ1) is 16.8. The highest BCUT2D eigenvalue weighted by Gasteiger charge is 2.21. The van der Waals surface area contributed by atoms with Gasteiger partial charge in [-0.25, -0.2) is 0 Å². The Kier molecular flexibility index (Phi) is 3.87. The van der Waals surface area contributed by atoms with Crippen LogP contribution in [0.5, 0.6) is 0 Å². The van der Waals surface area contributed by atoms with Crippen LogP contribution in [0.25, 0.3) is 88.0 Å². The fraction of sp³-hybridized carbons (Fsp3) is 0. The van der Waals surface area contributed by atoms with E-state index in [-0.39, 0.29) is 69.3 Å². The Labute approximate surface area is 277 Å². The summed E-state index contributed by atoms with van der Waals surface area (Å²) < 4.78 is 103. The monoisotopic (exact) mass is 583 g/mol. The lowest BCUT2D eigenvalue weighted by Gasteiger charge is -2.20. The van der Waals surface area contributed by atoms with Crippen LogP contribution >= 0.6 is 0 Å². The standard InChI is InChI=1S/C44H28O/c1-3-15-29(16-4-1)32-19-7-8-21-34(32)43-37-24-11-9-22-35(37)42(36-23-10-12-25-38(36)43)31-27-39(30-17-5-2-6-18-30)44-40(28-31)33-20-13-14-26-41(33)45-44/h1-28H/i1D,3D,4D,13D,14D,15D,16D,20D,26D,27D,28D. The first-order chi connectivity index (χ1) is 26.9. The highest BCUT2D eigenvalue weighted by Crippen LogP contribution is 2.48. The molecule has 45 heavy (non-hydrogen) atoms. The number of fused-ring (bicyclic) bond motifs is 5. The Morgan fingerprint density at radius 2 is 0.956 bits per heavy atom. The Morgan fingerprint density at radius 3 is 1.67 bits per heavy atom. The fourth-order valence-corrected chi connectivity index (χ4v) is 6.38. The molecule has 0 spiro atoms. The molecule has 1 heterocycles. The third-order valence-electron chi connectivity index (χ3n) is 8.27. The first-order valence-electron chi connectivity index (χ1n) is 20.1. The van der Waals surface area contributed by atoms with E-state index in [4.69, 9.17) is 16.8 Å². The molecule has 1 nitrogen and oxygen atoms in total. The van der Waals surface area contributed by atoms with Crippen molar-refractivity contribution in [3.8, 4) is 44.5 Å². The van der Waals surface area contributed by atoms with E-state index in [0.717, 1.165) is 16.3 Å². The molecular weight excluding hydrogens is 544 g/mol. The Bertz CT molecular complexity index is 3070. The molecule has 0 aliphatic heterocycles. The van der Waals surface area contributed by atoms with E-state index >= 15 is 0 Å². The summed E-state index contributed by atoms with van der Waals surface area (Å²) in [4.78, 5) is 0. The zero-order chi connectivity index (χ0) is 39.3. The molecule has 0 atom stereocenters. The van der Waals surface area contributed by atoms with E-state index in [9.17, 15) is 2.74 Å². The fourth-order valence-electron chi connectivity index (χ4n) is 6.38. The molecule has 0 amide bonds. The SMILES string of the molecule is [2H]c1c([2H])c([2H])c(-c2ccccc2-c2c3ccccc3c(-c3c([2H])c(-c4ccccc4)c4oc5c([2H])c([2H])c([2H])c([2H])c5c4c3[2H])c3ccccc23)c([2H])c1[2H]. The van der Waals surface area contributed by atoms with Crippen molar-refractivity contribution in [3.05, 3.63) is 170 Å². The lowest BCUT2D eigenvalue weighted by atomic mass is 9.83. The van der Waals surface area contributed by atoms with Crippen molar-refractivity contribution in [3.63, 3.8) is 0 Å². The molecule has 0 N–H and O–H groups in total. The molecule has 0 unspecified atom stereocenters. The zero-order valence-corrected chi connectivity index (χ0v) is 23.7. The maximum absolute atomic E-state index is 9.89. The number of furan rings is 1. The van der Waals surface area contributed by atoms with E-state index in [1.165, 1.54) is 0 Å². The van der Waals surface area contributed by atoms with E-state index in [0.29, 0.717) is 38.6 Å². The predicted molar refractivity (Wildman–Crippen MR) is 190 cm³/mol. The van der Waals surface area contributed by atoms with Gasteiger partial charge in [-0.3, -0.25) is 0 Å².